The number of alkyl halides is 3. The van der Waals surface area contributed by atoms with Gasteiger partial charge in [-0.2, -0.15) is 13.2 Å². The normalized spacial score (nSPS) is 11.5. The zero-order valence-corrected chi connectivity index (χ0v) is 14.0. The lowest BCUT2D eigenvalue weighted by molar-refractivity contribution is -0.136. The van der Waals surface area contributed by atoms with Crippen LogP contribution in [0.25, 0.3) is 5.65 Å². The number of imidazole rings is 1. The van der Waals surface area contributed by atoms with E-state index in [1.807, 2.05) is 17.5 Å². The lowest BCUT2D eigenvalue weighted by atomic mass is 10.2. The van der Waals surface area contributed by atoms with Crippen molar-refractivity contribution in [3.63, 3.8) is 0 Å². The summed E-state index contributed by atoms with van der Waals surface area (Å²) in [5.41, 5.74) is -1.84. The molecule has 0 aliphatic carbocycles. The number of terminal acetylenes is 1. The molecule has 0 aliphatic heterocycles. The zero-order chi connectivity index (χ0) is 18.2. The van der Waals surface area contributed by atoms with Crippen molar-refractivity contribution < 1.29 is 18.0 Å². The number of pyridine rings is 1. The first kappa shape index (κ1) is 17.3. The average Bonchev–Trinajstić information content (AvgIpc) is 3.19. The molecule has 0 fully saturated rings. The number of halogens is 4. The SMILES string of the molecule is C#Cc1cc(C(F)(F)F)c2nc(C(=O)NCc3cccs3)c(Cl)n2c1. The van der Waals surface area contributed by atoms with Crippen LogP contribution in [0.5, 0.6) is 0 Å². The van der Waals surface area contributed by atoms with Crippen LogP contribution in [-0.4, -0.2) is 15.3 Å². The van der Waals surface area contributed by atoms with Gasteiger partial charge in [-0.15, -0.1) is 17.8 Å². The van der Waals surface area contributed by atoms with Crippen LogP contribution >= 0.6 is 22.9 Å². The summed E-state index contributed by atoms with van der Waals surface area (Å²) in [6.07, 6.45) is 1.74. The van der Waals surface area contributed by atoms with E-state index in [4.69, 9.17) is 18.0 Å². The maximum atomic E-state index is 13.2. The van der Waals surface area contributed by atoms with Crippen molar-refractivity contribution in [3.05, 3.63) is 56.6 Å². The van der Waals surface area contributed by atoms with E-state index in [-0.39, 0.29) is 23.0 Å². The van der Waals surface area contributed by atoms with Gasteiger partial charge in [-0.3, -0.25) is 9.20 Å². The summed E-state index contributed by atoms with van der Waals surface area (Å²) in [5.74, 6) is 1.47. The number of hydrogen-bond donors (Lipinski definition) is 1. The standard InChI is InChI=1S/C16H9ClF3N3OS/c1-2-9-6-11(16(18,19)20)14-22-12(13(17)23(14)8-9)15(24)21-7-10-4-3-5-25-10/h1,3-6,8H,7H2,(H,21,24). The lowest BCUT2D eigenvalue weighted by Crippen LogP contribution is -2.23. The number of thiophene rings is 1. The summed E-state index contributed by atoms with van der Waals surface area (Å²) in [6.45, 7) is 0.225. The number of aromatic nitrogens is 2. The first-order valence-corrected chi connectivity index (χ1v) is 8.13. The van der Waals surface area contributed by atoms with Gasteiger partial charge < -0.3 is 5.32 Å². The van der Waals surface area contributed by atoms with Crippen molar-refractivity contribution in [2.24, 2.45) is 0 Å². The van der Waals surface area contributed by atoms with Gasteiger partial charge >= 0.3 is 6.18 Å². The van der Waals surface area contributed by atoms with E-state index in [1.54, 1.807) is 0 Å². The van der Waals surface area contributed by atoms with Crippen LogP contribution in [0.2, 0.25) is 5.15 Å². The summed E-state index contributed by atoms with van der Waals surface area (Å²) in [7, 11) is 0. The number of amides is 1. The molecule has 0 aromatic carbocycles. The fourth-order valence-electron chi connectivity index (χ4n) is 2.21. The third-order valence-corrected chi connectivity index (χ3v) is 4.59. The summed E-state index contributed by atoms with van der Waals surface area (Å²) in [6, 6.07) is 4.43. The fourth-order valence-corrected chi connectivity index (χ4v) is 3.11. The predicted octanol–water partition coefficient (Wildman–Crippen LogP) is 3.98. The molecule has 0 aliphatic rings. The summed E-state index contributed by atoms with van der Waals surface area (Å²) in [4.78, 5) is 16.9. The zero-order valence-electron chi connectivity index (χ0n) is 12.4. The quantitative estimate of drug-likeness (QED) is 0.695. The molecule has 1 N–H and O–H groups in total. The molecule has 3 aromatic rings. The van der Waals surface area contributed by atoms with Gasteiger partial charge in [0.05, 0.1) is 6.54 Å². The Morgan fingerprint density at radius 2 is 2.24 bits per heavy atom. The molecule has 0 bridgehead atoms. The molecular weight excluding hydrogens is 375 g/mol. The van der Waals surface area contributed by atoms with E-state index < -0.39 is 23.3 Å². The Balaban J connectivity index is 2.04. The molecule has 0 saturated heterocycles. The van der Waals surface area contributed by atoms with Gasteiger partial charge in [-0.05, 0) is 17.5 Å². The Hall–Kier alpha value is -2.50. The highest BCUT2D eigenvalue weighted by molar-refractivity contribution is 7.09. The monoisotopic (exact) mass is 383 g/mol. The van der Waals surface area contributed by atoms with Crippen LogP contribution in [0.3, 0.4) is 0 Å². The van der Waals surface area contributed by atoms with E-state index in [0.717, 1.165) is 15.3 Å². The van der Waals surface area contributed by atoms with Crippen LogP contribution in [0.15, 0.2) is 29.8 Å². The average molecular weight is 384 g/mol. The van der Waals surface area contributed by atoms with Gasteiger partial charge in [0.1, 0.15) is 10.7 Å². The van der Waals surface area contributed by atoms with E-state index in [2.05, 4.69) is 16.2 Å². The first-order valence-electron chi connectivity index (χ1n) is 6.87. The van der Waals surface area contributed by atoms with Crippen molar-refractivity contribution in [1.29, 1.82) is 0 Å². The fraction of sp³-hybridized carbons (Fsp3) is 0.125. The minimum atomic E-state index is -4.69. The molecule has 1 amide bonds. The molecule has 3 aromatic heterocycles. The van der Waals surface area contributed by atoms with Gasteiger partial charge in [-0.1, -0.05) is 23.6 Å². The molecule has 128 valence electrons. The highest BCUT2D eigenvalue weighted by Crippen LogP contribution is 2.34. The van der Waals surface area contributed by atoms with Crippen LogP contribution in [0, 0.1) is 12.3 Å². The number of carbonyl (C=O) groups is 1. The van der Waals surface area contributed by atoms with Gasteiger partial charge in [0.25, 0.3) is 5.91 Å². The predicted molar refractivity (Wildman–Crippen MR) is 88.6 cm³/mol. The molecule has 4 nitrogen and oxygen atoms in total. The van der Waals surface area contributed by atoms with E-state index in [9.17, 15) is 18.0 Å². The summed E-state index contributed by atoms with van der Waals surface area (Å²) >= 11 is 7.51. The van der Waals surface area contributed by atoms with Crippen molar-refractivity contribution >= 4 is 34.5 Å². The van der Waals surface area contributed by atoms with Crippen LogP contribution < -0.4 is 5.32 Å². The van der Waals surface area contributed by atoms with E-state index in [0.29, 0.717) is 0 Å². The number of hydrogen-bond acceptors (Lipinski definition) is 3. The smallest absolute Gasteiger partial charge is 0.346 e. The Labute approximate surface area is 149 Å². The second kappa shape index (κ2) is 6.43. The number of fused-ring (bicyclic) bond motifs is 1. The highest BCUT2D eigenvalue weighted by Gasteiger charge is 2.35. The van der Waals surface area contributed by atoms with Crippen molar-refractivity contribution in [2.45, 2.75) is 12.7 Å². The van der Waals surface area contributed by atoms with Gasteiger partial charge in [-0.25, -0.2) is 4.98 Å². The Bertz CT molecular complexity index is 987. The van der Waals surface area contributed by atoms with Crippen molar-refractivity contribution in [2.75, 3.05) is 0 Å². The molecule has 0 unspecified atom stereocenters. The third kappa shape index (κ3) is 3.34. The molecule has 9 heteroatoms. The third-order valence-electron chi connectivity index (χ3n) is 3.35. The Morgan fingerprint density at radius 3 is 2.84 bits per heavy atom. The largest absolute Gasteiger partial charge is 0.420 e. The van der Waals surface area contributed by atoms with Crippen molar-refractivity contribution in [3.8, 4) is 12.3 Å². The topological polar surface area (TPSA) is 46.4 Å². The second-order valence-corrected chi connectivity index (χ2v) is 6.38. The maximum Gasteiger partial charge on any atom is 0.420 e. The minimum Gasteiger partial charge on any atom is -0.346 e. The second-order valence-electron chi connectivity index (χ2n) is 4.99. The van der Waals surface area contributed by atoms with Crippen LogP contribution in [0.4, 0.5) is 13.2 Å². The molecule has 3 rings (SSSR count). The minimum absolute atomic E-state index is 0.0235. The van der Waals surface area contributed by atoms with Crippen LogP contribution in [0.1, 0.15) is 26.5 Å². The van der Waals surface area contributed by atoms with E-state index >= 15 is 0 Å². The number of nitrogens with one attached hydrogen (secondary N) is 1. The Morgan fingerprint density at radius 1 is 1.48 bits per heavy atom. The van der Waals surface area contributed by atoms with E-state index in [1.165, 1.54) is 17.5 Å². The molecule has 0 radical (unpaired) electrons. The van der Waals surface area contributed by atoms with Gasteiger partial charge in [0.2, 0.25) is 0 Å². The first-order chi connectivity index (χ1) is 11.8. The van der Waals surface area contributed by atoms with Gasteiger partial charge in [0.15, 0.2) is 11.3 Å². The molecule has 0 spiro atoms. The Kier molecular flexibility index (Phi) is 4.45. The lowest BCUT2D eigenvalue weighted by Gasteiger charge is -2.08. The number of carbonyl (C=O) groups excluding carboxylic acids is 1. The van der Waals surface area contributed by atoms with Crippen molar-refractivity contribution in [1.82, 2.24) is 14.7 Å². The molecule has 0 saturated carbocycles. The van der Waals surface area contributed by atoms with Gasteiger partial charge in [0, 0.05) is 16.6 Å². The summed E-state index contributed by atoms with van der Waals surface area (Å²) in [5, 5.41) is 4.19. The highest BCUT2D eigenvalue weighted by atomic mass is 35.5. The maximum absolute atomic E-state index is 13.2. The number of rotatable bonds is 3. The molecule has 3 heterocycles. The molecule has 25 heavy (non-hydrogen) atoms. The molecular formula is C16H9ClF3N3OS. The summed E-state index contributed by atoms with van der Waals surface area (Å²) < 4.78 is 40.7. The van der Waals surface area contributed by atoms with Crippen LogP contribution in [-0.2, 0) is 12.7 Å². The molecule has 0 atom stereocenters. The number of nitrogens with zero attached hydrogens (tertiary/aromatic N) is 2.